The Kier molecular flexibility index (Phi) is 7.79. The smallest absolute Gasteiger partial charge is 0.256 e. The number of hydrogen-bond acceptors (Lipinski definition) is 4. The molecule has 1 aliphatic heterocycles. The van der Waals surface area contributed by atoms with Crippen LogP contribution in [-0.4, -0.2) is 35.1 Å². The number of benzene rings is 3. The number of carbonyl (C=O) groups is 1. The van der Waals surface area contributed by atoms with Crippen molar-refractivity contribution in [3.05, 3.63) is 102 Å². The van der Waals surface area contributed by atoms with Gasteiger partial charge in [0.25, 0.3) is 5.91 Å². The summed E-state index contributed by atoms with van der Waals surface area (Å²) in [5.41, 5.74) is 6.59. The molecule has 4 nitrogen and oxygen atoms in total. The number of aromatic nitrogens is 1. The zero-order chi connectivity index (χ0) is 24.7. The Hall–Kier alpha value is -3.41. The summed E-state index contributed by atoms with van der Waals surface area (Å²) >= 11 is 1.68. The first kappa shape index (κ1) is 24.3. The van der Waals surface area contributed by atoms with E-state index in [1.54, 1.807) is 18.0 Å². The Morgan fingerprint density at radius 1 is 0.889 bits per heavy atom. The molecule has 0 aliphatic carbocycles. The molecule has 5 rings (SSSR count). The molecule has 0 unspecified atom stereocenters. The first-order valence-electron chi connectivity index (χ1n) is 12.5. The lowest BCUT2D eigenvalue weighted by molar-refractivity contribution is 0.102. The molecule has 1 fully saturated rings. The zero-order valence-electron chi connectivity index (χ0n) is 20.6. The maximum absolute atomic E-state index is 13.4. The van der Waals surface area contributed by atoms with Crippen LogP contribution in [-0.2, 0) is 6.54 Å². The summed E-state index contributed by atoms with van der Waals surface area (Å²) in [7, 11) is 0. The molecule has 4 aromatic rings. The lowest BCUT2D eigenvalue weighted by Gasteiger charge is -2.26. The van der Waals surface area contributed by atoms with Gasteiger partial charge in [-0.25, -0.2) is 0 Å². The van der Waals surface area contributed by atoms with E-state index in [4.69, 9.17) is 0 Å². The molecule has 1 N–H and O–H groups in total. The summed E-state index contributed by atoms with van der Waals surface area (Å²) in [5, 5.41) is 3.10. The third kappa shape index (κ3) is 5.86. The number of piperidine rings is 1. The highest BCUT2D eigenvalue weighted by Crippen LogP contribution is 2.30. The number of amides is 1. The summed E-state index contributed by atoms with van der Waals surface area (Å²) < 4.78 is 0. The van der Waals surface area contributed by atoms with E-state index in [0.29, 0.717) is 5.56 Å². The zero-order valence-corrected chi connectivity index (χ0v) is 21.4. The second-order valence-corrected chi connectivity index (χ2v) is 10.1. The molecule has 3 aromatic carbocycles. The lowest BCUT2D eigenvalue weighted by Crippen LogP contribution is -2.29. The van der Waals surface area contributed by atoms with E-state index in [1.807, 2.05) is 54.6 Å². The molecule has 0 spiro atoms. The van der Waals surface area contributed by atoms with Crippen molar-refractivity contribution < 1.29 is 4.79 Å². The number of nitrogens with zero attached hydrogens (tertiary/aromatic N) is 2. The summed E-state index contributed by atoms with van der Waals surface area (Å²) in [6, 6.07) is 28.4. The third-order valence-corrected chi connectivity index (χ3v) is 7.40. The fourth-order valence-electron chi connectivity index (χ4n) is 4.74. The maximum Gasteiger partial charge on any atom is 0.256 e. The minimum Gasteiger partial charge on any atom is -0.322 e. The van der Waals surface area contributed by atoms with Crippen LogP contribution in [0.4, 0.5) is 5.69 Å². The number of carbonyl (C=O) groups excluding carboxylic acids is 1. The average Bonchev–Trinajstić information content (AvgIpc) is 2.94. The molecule has 1 aromatic heterocycles. The molecule has 36 heavy (non-hydrogen) atoms. The minimum atomic E-state index is -0.117. The molecule has 1 amide bonds. The van der Waals surface area contributed by atoms with Crippen molar-refractivity contribution in [2.75, 3.05) is 24.7 Å². The summed E-state index contributed by atoms with van der Waals surface area (Å²) in [6.45, 7) is 3.36. The Balaban J connectivity index is 1.38. The van der Waals surface area contributed by atoms with Crippen LogP contribution in [0, 0.1) is 0 Å². The number of rotatable bonds is 7. The first-order valence-corrected chi connectivity index (χ1v) is 13.7. The highest BCUT2D eigenvalue weighted by Gasteiger charge is 2.16. The second-order valence-electron chi connectivity index (χ2n) is 9.20. The van der Waals surface area contributed by atoms with E-state index in [2.05, 4.69) is 51.8 Å². The van der Waals surface area contributed by atoms with Crippen LogP contribution < -0.4 is 5.32 Å². The van der Waals surface area contributed by atoms with Gasteiger partial charge < -0.3 is 5.32 Å². The standard InChI is InChI=1S/C31H31N3OS/c1-36-27-15-16-28(31(35)33-26-9-7-8-25(20-26)30-10-3-4-17-32-30)29(21-27)24-13-11-23(12-14-24)22-34-18-5-2-6-19-34/h3-4,7-17,20-21H,2,5-6,18-19,22H2,1H3,(H,33,35). The quantitative estimate of drug-likeness (QED) is 0.273. The highest BCUT2D eigenvalue weighted by atomic mass is 32.2. The third-order valence-electron chi connectivity index (χ3n) is 6.67. The molecule has 0 radical (unpaired) electrons. The molecule has 1 aliphatic rings. The summed E-state index contributed by atoms with van der Waals surface area (Å²) in [5.74, 6) is -0.117. The van der Waals surface area contributed by atoms with Gasteiger partial charge in [-0.05, 0) is 91.3 Å². The predicted molar refractivity (Wildman–Crippen MR) is 150 cm³/mol. The number of anilines is 1. The van der Waals surface area contributed by atoms with Gasteiger partial charge in [0.15, 0.2) is 0 Å². The number of nitrogens with one attached hydrogen (secondary N) is 1. The summed E-state index contributed by atoms with van der Waals surface area (Å²) in [4.78, 5) is 21.5. The molecule has 0 bridgehead atoms. The van der Waals surface area contributed by atoms with Crippen LogP contribution in [0.15, 0.2) is 96.0 Å². The molecule has 0 atom stereocenters. The molecular formula is C31H31N3OS. The van der Waals surface area contributed by atoms with Gasteiger partial charge in [-0.3, -0.25) is 14.7 Å². The van der Waals surface area contributed by atoms with Gasteiger partial charge in [-0.2, -0.15) is 0 Å². The van der Waals surface area contributed by atoms with Crippen LogP contribution in [0.2, 0.25) is 0 Å². The van der Waals surface area contributed by atoms with Crippen molar-refractivity contribution in [2.45, 2.75) is 30.7 Å². The van der Waals surface area contributed by atoms with Crippen molar-refractivity contribution in [1.82, 2.24) is 9.88 Å². The van der Waals surface area contributed by atoms with Crippen LogP contribution in [0.3, 0.4) is 0 Å². The van der Waals surface area contributed by atoms with Crippen LogP contribution in [0.25, 0.3) is 22.4 Å². The van der Waals surface area contributed by atoms with Crippen molar-refractivity contribution in [2.24, 2.45) is 0 Å². The van der Waals surface area contributed by atoms with Gasteiger partial charge in [0.1, 0.15) is 0 Å². The van der Waals surface area contributed by atoms with Gasteiger partial charge in [0, 0.05) is 34.5 Å². The van der Waals surface area contributed by atoms with Gasteiger partial charge >= 0.3 is 0 Å². The van der Waals surface area contributed by atoms with Crippen LogP contribution in [0.1, 0.15) is 35.2 Å². The van der Waals surface area contributed by atoms with E-state index in [-0.39, 0.29) is 5.91 Å². The van der Waals surface area contributed by atoms with Gasteiger partial charge in [-0.1, -0.05) is 48.9 Å². The van der Waals surface area contributed by atoms with E-state index in [1.165, 1.54) is 37.9 Å². The Morgan fingerprint density at radius 2 is 1.72 bits per heavy atom. The number of likely N-dealkylation sites (tertiary alicyclic amines) is 1. The van der Waals surface area contributed by atoms with Gasteiger partial charge in [0.2, 0.25) is 0 Å². The number of pyridine rings is 1. The summed E-state index contributed by atoms with van der Waals surface area (Å²) in [6.07, 6.45) is 7.77. The van der Waals surface area contributed by atoms with E-state index in [9.17, 15) is 4.79 Å². The first-order chi connectivity index (χ1) is 17.7. The molecule has 1 saturated heterocycles. The minimum absolute atomic E-state index is 0.117. The Morgan fingerprint density at radius 3 is 2.47 bits per heavy atom. The van der Waals surface area contributed by atoms with Crippen molar-refractivity contribution in [3.8, 4) is 22.4 Å². The number of thioether (sulfide) groups is 1. The van der Waals surface area contributed by atoms with Gasteiger partial charge in [0.05, 0.1) is 5.69 Å². The monoisotopic (exact) mass is 493 g/mol. The normalized spacial score (nSPS) is 13.9. The molecule has 2 heterocycles. The molecule has 5 heteroatoms. The molecular weight excluding hydrogens is 462 g/mol. The molecule has 0 saturated carbocycles. The maximum atomic E-state index is 13.4. The van der Waals surface area contributed by atoms with E-state index < -0.39 is 0 Å². The fourth-order valence-corrected chi connectivity index (χ4v) is 5.18. The SMILES string of the molecule is CSc1ccc(C(=O)Nc2cccc(-c3ccccn3)c2)c(-c2ccc(CN3CCCCC3)cc2)c1. The Labute approximate surface area is 217 Å². The van der Waals surface area contributed by atoms with Crippen molar-refractivity contribution in [3.63, 3.8) is 0 Å². The van der Waals surface area contributed by atoms with Crippen LogP contribution >= 0.6 is 11.8 Å². The predicted octanol–water partition coefficient (Wildman–Crippen LogP) is 7.38. The second kappa shape index (κ2) is 11.5. The topological polar surface area (TPSA) is 45.2 Å². The Bertz CT molecular complexity index is 1320. The average molecular weight is 494 g/mol. The van der Waals surface area contributed by atoms with E-state index in [0.717, 1.165) is 39.5 Å². The largest absolute Gasteiger partial charge is 0.322 e. The van der Waals surface area contributed by atoms with E-state index >= 15 is 0 Å². The van der Waals surface area contributed by atoms with Crippen molar-refractivity contribution >= 4 is 23.4 Å². The van der Waals surface area contributed by atoms with Crippen LogP contribution in [0.5, 0.6) is 0 Å². The number of hydrogen-bond donors (Lipinski definition) is 1. The van der Waals surface area contributed by atoms with Gasteiger partial charge in [-0.15, -0.1) is 11.8 Å². The van der Waals surface area contributed by atoms with Crippen molar-refractivity contribution in [1.29, 1.82) is 0 Å². The fraction of sp³-hybridized carbons (Fsp3) is 0.226. The highest BCUT2D eigenvalue weighted by molar-refractivity contribution is 7.98. The lowest BCUT2D eigenvalue weighted by atomic mass is 9.97. The molecule has 182 valence electrons.